The summed E-state index contributed by atoms with van der Waals surface area (Å²) in [5.41, 5.74) is 5.47. The molecular weight excluding hydrogens is 432 g/mol. The van der Waals surface area contributed by atoms with Gasteiger partial charge in [-0.2, -0.15) is 0 Å². The molecule has 1 aliphatic heterocycles. The monoisotopic (exact) mass is 468 g/mol. The van der Waals surface area contributed by atoms with E-state index in [0.29, 0.717) is 38.9 Å². The number of amides is 3. The van der Waals surface area contributed by atoms with Gasteiger partial charge in [-0.05, 0) is 56.0 Å². The molecule has 1 aliphatic rings. The lowest BCUT2D eigenvalue weighted by Gasteiger charge is -2.32. The fraction of sp³-hybridized carbons (Fsp3) is 0.500. The number of fused-ring (bicyclic) bond motifs is 1. The van der Waals surface area contributed by atoms with Crippen molar-refractivity contribution in [3.05, 3.63) is 48.0 Å². The molecule has 2 aromatic rings. The Morgan fingerprint density at radius 3 is 2.62 bits per heavy atom. The summed E-state index contributed by atoms with van der Waals surface area (Å²) in [6, 6.07) is 12.6. The first-order valence-electron chi connectivity index (χ1n) is 11.9. The van der Waals surface area contributed by atoms with Crippen molar-refractivity contribution in [2.24, 2.45) is 5.73 Å². The summed E-state index contributed by atoms with van der Waals surface area (Å²) in [7, 11) is 1.48. The Bertz CT molecular complexity index is 1020. The van der Waals surface area contributed by atoms with Gasteiger partial charge in [0.1, 0.15) is 17.7 Å². The number of nitrogens with zero attached hydrogens (tertiary/aromatic N) is 1. The molecule has 8 heteroatoms. The van der Waals surface area contributed by atoms with Crippen LogP contribution in [0.15, 0.2) is 42.5 Å². The number of methoxy groups -OCH3 is 1. The quantitative estimate of drug-likeness (QED) is 0.460. The highest BCUT2D eigenvalue weighted by Gasteiger charge is 2.41. The molecule has 1 heterocycles. The van der Waals surface area contributed by atoms with Gasteiger partial charge in [-0.3, -0.25) is 14.4 Å². The van der Waals surface area contributed by atoms with Crippen molar-refractivity contribution in [3.8, 4) is 0 Å². The molecule has 0 aliphatic carbocycles. The van der Waals surface area contributed by atoms with Crippen molar-refractivity contribution in [1.82, 2.24) is 15.5 Å². The second-order valence-electron chi connectivity index (χ2n) is 9.25. The SMILES string of the molecule is COC(C)(C)C(=O)N1CCC[C@H]1C(=O)N[C@H](Cc1ccc2ccccc2c1)C(=O)NCCCN. The second kappa shape index (κ2) is 11.4. The highest BCUT2D eigenvalue weighted by atomic mass is 16.5. The molecule has 34 heavy (non-hydrogen) atoms. The Labute approximate surface area is 201 Å². The molecule has 3 rings (SSSR count). The molecule has 0 saturated carbocycles. The largest absolute Gasteiger partial charge is 0.369 e. The summed E-state index contributed by atoms with van der Waals surface area (Å²) in [6.07, 6.45) is 2.27. The number of ether oxygens (including phenoxy) is 1. The zero-order valence-corrected chi connectivity index (χ0v) is 20.3. The van der Waals surface area contributed by atoms with Crippen molar-refractivity contribution < 1.29 is 19.1 Å². The van der Waals surface area contributed by atoms with E-state index in [-0.39, 0.29) is 17.7 Å². The fourth-order valence-electron chi connectivity index (χ4n) is 4.23. The van der Waals surface area contributed by atoms with E-state index in [4.69, 9.17) is 10.5 Å². The van der Waals surface area contributed by atoms with Gasteiger partial charge >= 0.3 is 0 Å². The maximum atomic E-state index is 13.3. The molecule has 0 spiro atoms. The van der Waals surface area contributed by atoms with Crippen LogP contribution in [0, 0.1) is 0 Å². The van der Waals surface area contributed by atoms with E-state index in [2.05, 4.69) is 10.6 Å². The zero-order chi connectivity index (χ0) is 24.7. The Hall–Kier alpha value is -2.97. The molecule has 0 radical (unpaired) electrons. The van der Waals surface area contributed by atoms with Gasteiger partial charge in [-0.1, -0.05) is 42.5 Å². The van der Waals surface area contributed by atoms with Gasteiger partial charge in [0.2, 0.25) is 11.8 Å². The van der Waals surface area contributed by atoms with Gasteiger partial charge in [0.05, 0.1) is 0 Å². The number of nitrogens with two attached hydrogens (primary N) is 1. The average molecular weight is 469 g/mol. The maximum Gasteiger partial charge on any atom is 0.254 e. The van der Waals surface area contributed by atoms with Crippen LogP contribution in [0.3, 0.4) is 0 Å². The van der Waals surface area contributed by atoms with Crippen LogP contribution in [-0.2, 0) is 25.5 Å². The zero-order valence-electron chi connectivity index (χ0n) is 20.3. The van der Waals surface area contributed by atoms with Gasteiger partial charge in [0.15, 0.2) is 0 Å². The first kappa shape index (κ1) is 25.6. The van der Waals surface area contributed by atoms with Crippen LogP contribution in [0.4, 0.5) is 0 Å². The lowest BCUT2D eigenvalue weighted by atomic mass is 10.0. The van der Waals surface area contributed by atoms with E-state index < -0.39 is 17.7 Å². The van der Waals surface area contributed by atoms with Crippen LogP contribution in [0.1, 0.15) is 38.7 Å². The van der Waals surface area contributed by atoms with Crippen LogP contribution in [-0.4, -0.2) is 67.1 Å². The summed E-state index contributed by atoms with van der Waals surface area (Å²) < 4.78 is 5.33. The molecule has 3 amide bonds. The number of likely N-dealkylation sites (tertiary alicyclic amines) is 1. The van der Waals surface area contributed by atoms with Crippen LogP contribution < -0.4 is 16.4 Å². The first-order chi connectivity index (χ1) is 16.3. The summed E-state index contributed by atoms with van der Waals surface area (Å²) in [5, 5.41) is 7.97. The second-order valence-corrected chi connectivity index (χ2v) is 9.25. The molecule has 0 aromatic heterocycles. The van der Waals surface area contributed by atoms with Gasteiger partial charge in [-0.15, -0.1) is 0 Å². The van der Waals surface area contributed by atoms with Crippen molar-refractivity contribution in [1.29, 1.82) is 0 Å². The smallest absolute Gasteiger partial charge is 0.254 e. The van der Waals surface area contributed by atoms with E-state index in [1.807, 2.05) is 42.5 Å². The molecule has 2 aromatic carbocycles. The number of carbonyl (C=O) groups excluding carboxylic acids is 3. The number of hydrogen-bond acceptors (Lipinski definition) is 5. The summed E-state index contributed by atoms with van der Waals surface area (Å²) >= 11 is 0. The Balaban J connectivity index is 1.77. The van der Waals surface area contributed by atoms with Crippen molar-refractivity contribution in [2.75, 3.05) is 26.7 Å². The number of carbonyl (C=O) groups is 3. The molecule has 2 atom stereocenters. The van der Waals surface area contributed by atoms with Crippen LogP contribution in [0.2, 0.25) is 0 Å². The lowest BCUT2D eigenvalue weighted by molar-refractivity contribution is -0.154. The van der Waals surface area contributed by atoms with Crippen molar-refractivity contribution >= 4 is 28.5 Å². The Morgan fingerprint density at radius 1 is 1.18 bits per heavy atom. The van der Waals surface area contributed by atoms with E-state index in [1.165, 1.54) is 7.11 Å². The number of hydrogen-bond donors (Lipinski definition) is 3. The molecule has 0 unspecified atom stereocenters. The third-order valence-electron chi connectivity index (χ3n) is 6.41. The average Bonchev–Trinajstić information content (AvgIpc) is 3.33. The number of benzene rings is 2. The van der Waals surface area contributed by atoms with Gasteiger partial charge in [0.25, 0.3) is 5.91 Å². The molecule has 0 bridgehead atoms. The maximum absolute atomic E-state index is 13.3. The molecule has 8 nitrogen and oxygen atoms in total. The van der Waals surface area contributed by atoms with Crippen LogP contribution in [0.25, 0.3) is 10.8 Å². The third kappa shape index (κ3) is 6.12. The molecule has 184 valence electrons. The molecule has 4 N–H and O–H groups in total. The normalized spacial score (nSPS) is 16.9. The number of nitrogens with one attached hydrogen (secondary N) is 2. The van der Waals surface area contributed by atoms with E-state index in [9.17, 15) is 14.4 Å². The first-order valence-corrected chi connectivity index (χ1v) is 11.9. The lowest BCUT2D eigenvalue weighted by Crippen LogP contribution is -2.56. The highest BCUT2D eigenvalue weighted by Crippen LogP contribution is 2.23. The fourth-order valence-corrected chi connectivity index (χ4v) is 4.23. The van der Waals surface area contributed by atoms with Crippen molar-refractivity contribution in [3.63, 3.8) is 0 Å². The van der Waals surface area contributed by atoms with E-state index >= 15 is 0 Å². The summed E-state index contributed by atoms with van der Waals surface area (Å²) in [4.78, 5) is 40.8. The molecule has 1 fully saturated rings. The molecule has 1 saturated heterocycles. The minimum Gasteiger partial charge on any atom is -0.369 e. The predicted octanol–water partition coefficient (Wildman–Crippen LogP) is 1.75. The van der Waals surface area contributed by atoms with Crippen LogP contribution in [0.5, 0.6) is 0 Å². The summed E-state index contributed by atoms with van der Waals surface area (Å²) in [6.45, 7) is 4.78. The Morgan fingerprint density at radius 2 is 1.91 bits per heavy atom. The van der Waals surface area contributed by atoms with Crippen molar-refractivity contribution in [2.45, 2.75) is 57.2 Å². The van der Waals surface area contributed by atoms with Gasteiger partial charge in [-0.25, -0.2) is 0 Å². The minimum absolute atomic E-state index is 0.230. The van der Waals surface area contributed by atoms with E-state index in [1.54, 1.807) is 18.7 Å². The predicted molar refractivity (Wildman–Crippen MR) is 132 cm³/mol. The van der Waals surface area contributed by atoms with Gasteiger partial charge < -0.3 is 26.0 Å². The highest BCUT2D eigenvalue weighted by molar-refractivity contribution is 5.94. The molecular formula is C26H36N4O4. The third-order valence-corrected chi connectivity index (χ3v) is 6.41. The van der Waals surface area contributed by atoms with E-state index in [0.717, 1.165) is 22.8 Å². The topological polar surface area (TPSA) is 114 Å². The standard InChI is InChI=1S/C26H36N4O4/c1-26(2,34-3)25(33)30-15-6-10-22(30)24(32)29-21(23(31)28-14-7-13-27)17-18-11-12-19-8-4-5-9-20(19)16-18/h4-5,8-9,11-12,16,21-22H,6-7,10,13-15,17,27H2,1-3H3,(H,28,31)(H,29,32)/t21-,22+/m1/s1. The minimum atomic E-state index is -1.02. The van der Waals surface area contributed by atoms with Crippen LogP contribution >= 0.6 is 0 Å². The Kier molecular flexibility index (Phi) is 8.63. The number of rotatable bonds is 10. The summed E-state index contributed by atoms with van der Waals surface area (Å²) in [5.74, 6) is -0.813. The van der Waals surface area contributed by atoms with Gasteiger partial charge in [0, 0.05) is 26.6 Å².